The van der Waals surface area contributed by atoms with Crippen LogP contribution in [0.5, 0.6) is 0 Å². The second-order valence-electron chi connectivity index (χ2n) is 6.43. The van der Waals surface area contributed by atoms with Crippen molar-refractivity contribution in [2.75, 3.05) is 13.1 Å². The van der Waals surface area contributed by atoms with Gasteiger partial charge in [-0.15, -0.1) is 10.2 Å². The van der Waals surface area contributed by atoms with Gasteiger partial charge in [-0.05, 0) is 29.9 Å². The van der Waals surface area contributed by atoms with Gasteiger partial charge in [0, 0.05) is 25.2 Å². The van der Waals surface area contributed by atoms with Gasteiger partial charge in [-0.3, -0.25) is 4.90 Å². The normalized spacial score (nSPS) is 29.6. The van der Waals surface area contributed by atoms with E-state index in [0.29, 0.717) is 18.0 Å². The SMILES string of the molecule is CCC(C)C1CN(Cc2nnn(C)n2)C(C2CC2)CN1. The van der Waals surface area contributed by atoms with Gasteiger partial charge in [0.1, 0.15) is 0 Å². The molecule has 1 saturated heterocycles. The topological polar surface area (TPSA) is 58.9 Å². The zero-order valence-electron chi connectivity index (χ0n) is 12.8. The number of hydrogen-bond acceptors (Lipinski definition) is 5. The lowest BCUT2D eigenvalue weighted by Gasteiger charge is -2.42. The Morgan fingerprint density at radius 1 is 1.40 bits per heavy atom. The molecule has 6 nitrogen and oxygen atoms in total. The average molecular weight is 278 g/mol. The first-order valence-corrected chi connectivity index (χ1v) is 7.87. The van der Waals surface area contributed by atoms with Crippen LogP contribution < -0.4 is 5.32 Å². The summed E-state index contributed by atoms with van der Waals surface area (Å²) in [7, 11) is 1.83. The lowest BCUT2D eigenvalue weighted by Crippen LogP contribution is -2.58. The second kappa shape index (κ2) is 5.77. The van der Waals surface area contributed by atoms with Crippen molar-refractivity contribution in [2.24, 2.45) is 18.9 Å². The van der Waals surface area contributed by atoms with Gasteiger partial charge in [0.2, 0.25) is 0 Å². The van der Waals surface area contributed by atoms with Crippen LogP contribution in [-0.4, -0.2) is 50.3 Å². The highest BCUT2D eigenvalue weighted by atomic mass is 15.6. The quantitative estimate of drug-likeness (QED) is 0.863. The van der Waals surface area contributed by atoms with Crippen LogP contribution in [0.15, 0.2) is 0 Å². The van der Waals surface area contributed by atoms with Gasteiger partial charge in [-0.1, -0.05) is 20.3 Å². The summed E-state index contributed by atoms with van der Waals surface area (Å²) in [6, 6.07) is 1.24. The number of nitrogens with zero attached hydrogens (tertiary/aromatic N) is 5. The molecule has 0 radical (unpaired) electrons. The number of aryl methyl sites for hydroxylation is 1. The highest BCUT2D eigenvalue weighted by Gasteiger charge is 2.39. The van der Waals surface area contributed by atoms with Crippen molar-refractivity contribution in [3.8, 4) is 0 Å². The van der Waals surface area contributed by atoms with E-state index in [0.717, 1.165) is 31.4 Å². The summed E-state index contributed by atoms with van der Waals surface area (Å²) in [4.78, 5) is 4.14. The number of tetrazole rings is 1. The molecule has 0 aromatic carbocycles. The summed E-state index contributed by atoms with van der Waals surface area (Å²) in [5.74, 6) is 2.44. The van der Waals surface area contributed by atoms with E-state index < -0.39 is 0 Å². The molecule has 2 fully saturated rings. The van der Waals surface area contributed by atoms with Gasteiger partial charge in [0.05, 0.1) is 13.6 Å². The van der Waals surface area contributed by atoms with E-state index in [-0.39, 0.29) is 0 Å². The molecule has 1 saturated carbocycles. The molecular weight excluding hydrogens is 252 g/mol. The van der Waals surface area contributed by atoms with Crippen molar-refractivity contribution in [1.82, 2.24) is 30.4 Å². The molecule has 1 aromatic heterocycles. The van der Waals surface area contributed by atoms with Gasteiger partial charge < -0.3 is 5.32 Å². The van der Waals surface area contributed by atoms with Crippen molar-refractivity contribution in [1.29, 1.82) is 0 Å². The molecule has 0 amide bonds. The fraction of sp³-hybridized carbons (Fsp3) is 0.929. The Labute approximate surface area is 120 Å². The Balaban J connectivity index is 1.68. The van der Waals surface area contributed by atoms with Crippen LogP contribution in [0.2, 0.25) is 0 Å². The number of nitrogens with one attached hydrogen (secondary N) is 1. The van der Waals surface area contributed by atoms with Gasteiger partial charge in [-0.25, -0.2) is 0 Å². The standard InChI is InChI=1S/C14H26N6/c1-4-10(2)12-8-20(9-14-16-18-19(3)17-14)13(7-15-12)11-5-6-11/h10-13,15H,4-9H2,1-3H3. The molecular formula is C14H26N6. The fourth-order valence-corrected chi connectivity index (χ4v) is 3.22. The van der Waals surface area contributed by atoms with Gasteiger partial charge >= 0.3 is 0 Å². The maximum atomic E-state index is 4.34. The third-order valence-corrected chi connectivity index (χ3v) is 4.88. The number of aromatic nitrogens is 4. The largest absolute Gasteiger partial charge is 0.311 e. The minimum Gasteiger partial charge on any atom is -0.311 e. The fourth-order valence-electron chi connectivity index (χ4n) is 3.22. The monoisotopic (exact) mass is 278 g/mol. The molecule has 2 heterocycles. The first kappa shape index (κ1) is 13.9. The second-order valence-corrected chi connectivity index (χ2v) is 6.43. The molecule has 0 bridgehead atoms. The maximum Gasteiger partial charge on any atom is 0.188 e. The Morgan fingerprint density at radius 3 is 2.80 bits per heavy atom. The van der Waals surface area contributed by atoms with Crippen LogP contribution in [0, 0.1) is 11.8 Å². The van der Waals surface area contributed by atoms with E-state index in [1.165, 1.54) is 19.3 Å². The number of piperazine rings is 1. The summed E-state index contributed by atoms with van der Waals surface area (Å²) >= 11 is 0. The first-order valence-electron chi connectivity index (χ1n) is 7.87. The summed E-state index contributed by atoms with van der Waals surface area (Å²) in [5, 5.41) is 16.2. The highest BCUT2D eigenvalue weighted by molar-refractivity contribution is 4.97. The molecule has 20 heavy (non-hydrogen) atoms. The van der Waals surface area contributed by atoms with Gasteiger partial charge in [-0.2, -0.15) is 4.80 Å². The molecule has 3 unspecified atom stereocenters. The van der Waals surface area contributed by atoms with Crippen molar-refractivity contribution >= 4 is 0 Å². The summed E-state index contributed by atoms with van der Waals surface area (Å²) in [6.07, 6.45) is 3.98. The minimum atomic E-state index is 0.590. The zero-order valence-corrected chi connectivity index (χ0v) is 12.8. The van der Waals surface area contributed by atoms with E-state index in [9.17, 15) is 0 Å². The lowest BCUT2D eigenvalue weighted by atomic mass is 9.94. The van der Waals surface area contributed by atoms with Gasteiger partial charge in [0.15, 0.2) is 5.82 Å². The lowest BCUT2D eigenvalue weighted by molar-refractivity contribution is 0.0865. The molecule has 1 aliphatic carbocycles. The predicted molar refractivity (Wildman–Crippen MR) is 77.0 cm³/mol. The average Bonchev–Trinajstić information content (AvgIpc) is 3.21. The molecule has 1 N–H and O–H groups in total. The first-order chi connectivity index (χ1) is 9.67. The number of rotatable bonds is 5. The van der Waals surface area contributed by atoms with E-state index >= 15 is 0 Å². The van der Waals surface area contributed by atoms with Crippen LogP contribution in [0.4, 0.5) is 0 Å². The van der Waals surface area contributed by atoms with E-state index in [2.05, 4.69) is 39.5 Å². The molecule has 1 aliphatic heterocycles. The highest BCUT2D eigenvalue weighted by Crippen LogP contribution is 2.37. The molecule has 112 valence electrons. The van der Waals surface area contributed by atoms with Crippen LogP contribution in [-0.2, 0) is 13.6 Å². The third-order valence-electron chi connectivity index (χ3n) is 4.88. The maximum absolute atomic E-state index is 4.34. The van der Waals surface area contributed by atoms with Crippen LogP contribution in [0.25, 0.3) is 0 Å². The van der Waals surface area contributed by atoms with E-state index in [4.69, 9.17) is 0 Å². The Bertz CT molecular complexity index is 441. The van der Waals surface area contributed by atoms with E-state index in [1.807, 2.05) is 7.05 Å². The third kappa shape index (κ3) is 3.01. The molecule has 0 spiro atoms. The molecule has 3 rings (SSSR count). The number of hydrogen-bond donors (Lipinski definition) is 1. The Hall–Kier alpha value is -1.01. The summed E-state index contributed by atoms with van der Waals surface area (Å²) < 4.78 is 0. The Morgan fingerprint density at radius 2 is 2.20 bits per heavy atom. The summed E-state index contributed by atoms with van der Waals surface area (Å²) in [5.41, 5.74) is 0. The van der Waals surface area contributed by atoms with Crippen LogP contribution >= 0.6 is 0 Å². The minimum absolute atomic E-state index is 0.590. The Kier molecular flexibility index (Phi) is 4.03. The molecule has 2 aliphatic rings. The predicted octanol–water partition coefficient (Wildman–Crippen LogP) is 0.809. The molecule has 1 aromatic rings. The van der Waals surface area contributed by atoms with Crippen molar-refractivity contribution < 1.29 is 0 Å². The van der Waals surface area contributed by atoms with Crippen LogP contribution in [0.3, 0.4) is 0 Å². The zero-order chi connectivity index (χ0) is 14.1. The van der Waals surface area contributed by atoms with Gasteiger partial charge in [0.25, 0.3) is 0 Å². The van der Waals surface area contributed by atoms with Crippen LogP contribution in [0.1, 0.15) is 38.9 Å². The molecule has 6 heteroatoms. The van der Waals surface area contributed by atoms with Crippen molar-refractivity contribution in [3.05, 3.63) is 5.82 Å². The summed E-state index contributed by atoms with van der Waals surface area (Å²) in [6.45, 7) is 7.67. The van der Waals surface area contributed by atoms with Crippen molar-refractivity contribution in [2.45, 2.75) is 51.7 Å². The van der Waals surface area contributed by atoms with E-state index in [1.54, 1.807) is 4.80 Å². The smallest absolute Gasteiger partial charge is 0.188 e. The van der Waals surface area contributed by atoms with Crippen molar-refractivity contribution in [3.63, 3.8) is 0 Å². The molecule has 3 atom stereocenters.